The van der Waals surface area contributed by atoms with E-state index >= 15 is 0 Å². The van der Waals surface area contributed by atoms with Gasteiger partial charge in [-0.25, -0.2) is 4.79 Å². The van der Waals surface area contributed by atoms with E-state index in [0.717, 1.165) is 18.4 Å². The SMILES string of the molecule is O=C(Cn1c(=O)n(CCc2ccccc2)c(=O)c2ccccc21)NCCCc1ccccc1. The number of aromatic nitrogens is 2. The summed E-state index contributed by atoms with van der Waals surface area (Å²) in [5.74, 6) is -0.247. The molecule has 0 saturated carbocycles. The van der Waals surface area contributed by atoms with Gasteiger partial charge in [0.05, 0.1) is 10.9 Å². The van der Waals surface area contributed by atoms with Crippen molar-refractivity contribution in [2.24, 2.45) is 0 Å². The van der Waals surface area contributed by atoms with Crippen LogP contribution in [0.4, 0.5) is 0 Å². The Bertz CT molecular complexity index is 1340. The first-order valence-corrected chi connectivity index (χ1v) is 11.2. The van der Waals surface area contributed by atoms with Crippen molar-refractivity contribution >= 4 is 16.8 Å². The molecular weight excluding hydrogens is 414 g/mol. The van der Waals surface area contributed by atoms with Crippen molar-refractivity contribution in [1.29, 1.82) is 0 Å². The number of para-hydroxylation sites is 1. The third kappa shape index (κ3) is 5.47. The Morgan fingerprint density at radius 2 is 1.33 bits per heavy atom. The van der Waals surface area contributed by atoms with E-state index in [0.29, 0.717) is 23.9 Å². The molecule has 0 fully saturated rings. The number of hydrogen-bond acceptors (Lipinski definition) is 3. The number of hydrogen-bond donors (Lipinski definition) is 1. The van der Waals surface area contributed by atoms with Crippen molar-refractivity contribution in [3.05, 3.63) is 117 Å². The third-order valence-electron chi connectivity index (χ3n) is 5.71. The summed E-state index contributed by atoms with van der Waals surface area (Å²) in [6.07, 6.45) is 2.23. The zero-order chi connectivity index (χ0) is 23.0. The number of nitrogens with one attached hydrogen (secondary N) is 1. The quantitative estimate of drug-likeness (QED) is 0.406. The first-order valence-electron chi connectivity index (χ1n) is 11.2. The molecule has 1 heterocycles. The second-order valence-corrected chi connectivity index (χ2v) is 8.02. The normalized spacial score (nSPS) is 10.9. The maximum Gasteiger partial charge on any atom is 0.331 e. The van der Waals surface area contributed by atoms with Crippen LogP contribution in [0.2, 0.25) is 0 Å². The van der Waals surface area contributed by atoms with Gasteiger partial charge in [-0.3, -0.25) is 18.7 Å². The van der Waals surface area contributed by atoms with E-state index < -0.39 is 5.69 Å². The Balaban J connectivity index is 1.50. The highest BCUT2D eigenvalue weighted by molar-refractivity contribution is 5.81. The number of nitrogens with zero attached hydrogens (tertiary/aromatic N) is 2. The van der Waals surface area contributed by atoms with Gasteiger partial charge in [-0.15, -0.1) is 0 Å². The molecule has 0 aliphatic rings. The molecule has 0 atom stereocenters. The van der Waals surface area contributed by atoms with E-state index in [4.69, 9.17) is 0 Å². The fraction of sp³-hybridized carbons (Fsp3) is 0.222. The number of amides is 1. The minimum atomic E-state index is -0.464. The smallest absolute Gasteiger partial charge is 0.331 e. The molecule has 0 saturated heterocycles. The lowest BCUT2D eigenvalue weighted by Gasteiger charge is -2.14. The number of benzene rings is 3. The van der Waals surface area contributed by atoms with E-state index in [2.05, 4.69) is 17.4 Å². The van der Waals surface area contributed by atoms with Crippen molar-refractivity contribution in [3.8, 4) is 0 Å². The number of aryl methyl sites for hydroxylation is 2. The lowest BCUT2D eigenvalue weighted by Crippen LogP contribution is -2.43. The number of fused-ring (bicyclic) bond motifs is 1. The second-order valence-electron chi connectivity index (χ2n) is 8.02. The van der Waals surface area contributed by atoms with Crippen LogP contribution in [0, 0.1) is 0 Å². The topological polar surface area (TPSA) is 73.1 Å². The Kier molecular flexibility index (Phi) is 7.15. The molecule has 6 nitrogen and oxygen atoms in total. The molecule has 33 heavy (non-hydrogen) atoms. The van der Waals surface area contributed by atoms with E-state index in [1.807, 2.05) is 48.5 Å². The molecule has 0 bridgehead atoms. The van der Waals surface area contributed by atoms with Gasteiger partial charge in [-0.2, -0.15) is 0 Å². The molecule has 0 aliphatic carbocycles. The average molecular weight is 442 g/mol. The minimum Gasteiger partial charge on any atom is -0.355 e. The molecule has 1 amide bonds. The largest absolute Gasteiger partial charge is 0.355 e. The van der Waals surface area contributed by atoms with Gasteiger partial charge in [0.1, 0.15) is 6.54 Å². The van der Waals surface area contributed by atoms with Crippen LogP contribution in [0.25, 0.3) is 10.9 Å². The van der Waals surface area contributed by atoms with Gasteiger partial charge in [-0.05, 0) is 42.5 Å². The highest BCUT2D eigenvalue weighted by Crippen LogP contribution is 2.08. The van der Waals surface area contributed by atoms with Gasteiger partial charge in [-0.1, -0.05) is 72.8 Å². The Morgan fingerprint density at radius 3 is 2.03 bits per heavy atom. The summed E-state index contributed by atoms with van der Waals surface area (Å²) in [4.78, 5) is 38.9. The van der Waals surface area contributed by atoms with Crippen LogP contribution in [0.1, 0.15) is 17.5 Å². The van der Waals surface area contributed by atoms with Crippen molar-refractivity contribution < 1.29 is 4.79 Å². The summed E-state index contributed by atoms with van der Waals surface area (Å²) >= 11 is 0. The molecule has 4 aromatic rings. The molecule has 1 N–H and O–H groups in total. The van der Waals surface area contributed by atoms with Gasteiger partial charge in [0, 0.05) is 13.1 Å². The molecule has 1 aromatic heterocycles. The Hall–Kier alpha value is -3.93. The van der Waals surface area contributed by atoms with Gasteiger partial charge >= 0.3 is 5.69 Å². The summed E-state index contributed by atoms with van der Waals surface area (Å²) < 4.78 is 2.63. The summed E-state index contributed by atoms with van der Waals surface area (Å²) in [6, 6.07) is 26.8. The van der Waals surface area contributed by atoms with Gasteiger partial charge in [0.15, 0.2) is 0 Å². The maximum atomic E-state index is 13.2. The predicted molar refractivity (Wildman–Crippen MR) is 130 cm³/mol. The highest BCUT2D eigenvalue weighted by atomic mass is 16.2. The molecule has 0 radical (unpaired) electrons. The third-order valence-corrected chi connectivity index (χ3v) is 5.71. The van der Waals surface area contributed by atoms with Gasteiger partial charge < -0.3 is 5.32 Å². The molecule has 3 aromatic carbocycles. The fourth-order valence-electron chi connectivity index (χ4n) is 3.97. The zero-order valence-corrected chi connectivity index (χ0v) is 18.4. The minimum absolute atomic E-state index is 0.129. The number of rotatable bonds is 9. The molecule has 0 aliphatic heterocycles. The molecule has 0 spiro atoms. The second kappa shape index (κ2) is 10.6. The average Bonchev–Trinajstić information content (AvgIpc) is 2.86. The molecule has 0 unspecified atom stereocenters. The summed E-state index contributed by atoms with van der Waals surface area (Å²) in [5.41, 5.74) is 1.95. The van der Waals surface area contributed by atoms with E-state index in [9.17, 15) is 14.4 Å². The Morgan fingerprint density at radius 1 is 0.727 bits per heavy atom. The van der Waals surface area contributed by atoms with Crippen LogP contribution >= 0.6 is 0 Å². The summed E-state index contributed by atoms with van der Waals surface area (Å²) in [5, 5.41) is 3.33. The molecule has 6 heteroatoms. The summed E-state index contributed by atoms with van der Waals surface area (Å²) in [6.45, 7) is 0.648. The first kappa shape index (κ1) is 22.3. The standard InChI is InChI=1S/C27H27N3O3/c31-25(28-18-9-14-21-10-3-1-4-11-21)20-30-24-16-8-7-15-23(24)26(32)29(27(30)33)19-17-22-12-5-2-6-13-22/h1-8,10-13,15-16H,9,14,17-20H2,(H,28,31). The monoisotopic (exact) mass is 441 g/mol. The van der Waals surface area contributed by atoms with Gasteiger partial charge in [0.25, 0.3) is 5.56 Å². The predicted octanol–water partition coefficient (Wildman–Crippen LogP) is 3.15. The number of carbonyl (C=O) groups is 1. The van der Waals surface area contributed by atoms with E-state index in [-0.39, 0.29) is 24.6 Å². The van der Waals surface area contributed by atoms with E-state index in [1.54, 1.807) is 24.3 Å². The van der Waals surface area contributed by atoms with Crippen LogP contribution in [-0.4, -0.2) is 21.6 Å². The summed E-state index contributed by atoms with van der Waals surface area (Å²) in [7, 11) is 0. The fourth-order valence-corrected chi connectivity index (χ4v) is 3.97. The van der Waals surface area contributed by atoms with Crippen LogP contribution in [-0.2, 0) is 30.7 Å². The van der Waals surface area contributed by atoms with Crippen molar-refractivity contribution in [1.82, 2.24) is 14.5 Å². The van der Waals surface area contributed by atoms with Crippen LogP contribution in [0.3, 0.4) is 0 Å². The van der Waals surface area contributed by atoms with E-state index in [1.165, 1.54) is 14.7 Å². The van der Waals surface area contributed by atoms with Crippen LogP contribution in [0.5, 0.6) is 0 Å². The Labute approximate surface area is 192 Å². The first-order chi connectivity index (χ1) is 16.1. The maximum absolute atomic E-state index is 13.2. The van der Waals surface area contributed by atoms with Crippen LogP contribution < -0.4 is 16.6 Å². The number of carbonyl (C=O) groups excluding carboxylic acids is 1. The lowest BCUT2D eigenvalue weighted by molar-refractivity contribution is -0.121. The lowest BCUT2D eigenvalue weighted by atomic mass is 10.1. The molecule has 168 valence electrons. The van der Waals surface area contributed by atoms with Crippen LogP contribution in [0.15, 0.2) is 94.5 Å². The van der Waals surface area contributed by atoms with Gasteiger partial charge in [0.2, 0.25) is 5.91 Å². The zero-order valence-electron chi connectivity index (χ0n) is 18.4. The van der Waals surface area contributed by atoms with Crippen molar-refractivity contribution in [2.45, 2.75) is 32.4 Å². The van der Waals surface area contributed by atoms with Crippen molar-refractivity contribution in [3.63, 3.8) is 0 Å². The highest BCUT2D eigenvalue weighted by Gasteiger charge is 2.15. The van der Waals surface area contributed by atoms with Crippen molar-refractivity contribution in [2.75, 3.05) is 6.54 Å². The molecular formula is C27H27N3O3. The molecule has 4 rings (SSSR count).